The Labute approximate surface area is 181 Å². The quantitative estimate of drug-likeness (QED) is 0.679. The zero-order chi connectivity index (χ0) is 22.2. The van der Waals surface area contributed by atoms with Crippen LogP contribution in [0.15, 0.2) is 53.4 Å². The van der Waals surface area contributed by atoms with Crippen molar-refractivity contribution in [1.82, 2.24) is 9.21 Å². The molecule has 2 aromatic rings. The first-order valence-electron chi connectivity index (χ1n) is 9.84. The van der Waals surface area contributed by atoms with E-state index in [1.807, 2.05) is 0 Å². The molecule has 2 aromatic carbocycles. The van der Waals surface area contributed by atoms with E-state index in [1.165, 1.54) is 26.8 Å². The maximum Gasteiger partial charge on any atom is 0.253 e. The van der Waals surface area contributed by atoms with Crippen molar-refractivity contribution in [3.05, 3.63) is 59.9 Å². The lowest BCUT2D eigenvalue weighted by molar-refractivity contribution is 0.0698. The van der Waals surface area contributed by atoms with E-state index in [2.05, 4.69) is 0 Å². The summed E-state index contributed by atoms with van der Waals surface area (Å²) in [5.74, 6) is -0.755. The molecule has 2 aliphatic heterocycles. The third-order valence-electron chi connectivity index (χ3n) is 5.46. The average Bonchev–Trinajstić information content (AvgIpc) is 3.12. The number of rotatable bonds is 4. The fourth-order valence-electron chi connectivity index (χ4n) is 3.79. The summed E-state index contributed by atoms with van der Waals surface area (Å²) < 4.78 is 65.5. The molecule has 2 fully saturated rings. The van der Waals surface area contributed by atoms with Gasteiger partial charge in [0, 0.05) is 38.3 Å². The van der Waals surface area contributed by atoms with E-state index in [9.17, 15) is 26.0 Å². The summed E-state index contributed by atoms with van der Waals surface area (Å²) in [7, 11) is -7.12. The van der Waals surface area contributed by atoms with Crippen molar-refractivity contribution in [2.24, 2.45) is 0 Å². The molecule has 166 valence electrons. The van der Waals surface area contributed by atoms with Crippen LogP contribution < -0.4 is 4.31 Å². The Bertz CT molecular complexity index is 1190. The van der Waals surface area contributed by atoms with Crippen LogP contribution in [0.5, 0.6) is 0 Å². The Kier molecular flexibility index (Phi) is 5.75. The van der Waals surface area contributed by atoms with E-state index >= 15 is 0 Å². The van der Waals surface area contributed by atoms with Crippen molar-refractivity contribution < 1.29 is 26.0 Å². The molecular weight excluding hydrogens is 445 g/mol. The Balaban J connectivity index is 1.41. The van der Waals surface area contributed by atoms with Crippen molar-refractivity contribution in [3.63, 3.8) is 0 Å². The highest BCUT2D eigenvalue weighted by Crippen LogP contribution is 2.25. The van der Waals surface area contributed by atoms with Crippen molar-refractivity contribution in [1.29, 1.82) is 0 Å². The third kappa shape index (κ3) is 4.30. The maximum absolute atomic E-state index is 13.4. The second-order valence-corrected chi connectivity index (χ2v) is 11.4. The highest BCUT2D eigenvalue weighted by Gasteiger charge is 2.31. The van der Waals surface area contributed by atoms with Crippen LogP contribution in [0.3, 0.4) is 0 Å². The van der Waals surface area contributed by atoms with Crippen LogP contribution in [0.2, 0.25) is 0 Å². The molecule has 31 heavy (non-hydrogen) atoms. The number of anilines is 1. The van der Waals surface area contributed by atoms with Crippen molar-refractivity contribution in [2.75, 3.05) is 42.8 Å². The number of carbonyl (C=O) groups excluding carboxylic acids is 1. The van der Waals surface area contributed by atoms with Crippen molar-refractivity contribution >= 4 is 31.6 Å². The topological polar surface area (TPSA) is 95.1 Å². The molecule has 0 radical (unpaired) electrons. The minimum Gasteiger partial charge on any atom is -0.336 e. The summed E-state index contributed by atoms with van der Waals surface area (Å²) in [5, 5.41) is 0. The fourth-order valence-corrected chi connectivity index (χ4v) is 6.81. The lowest BCUT2D eigenvalue weighted by atomic mass is 10.1. The Morgan fingerprint density at radius 2 is 1.61 bits per heavy atom. The van der Waals surface area contributed by atoms with Crippen LogP contribution >= 0.6 is 0 Å². The lowest BCUT2D eigenvalue weighted by Crippen LogP contribution is -2.50. The molecule has 2 aliphatic rings. The van der Waals surface area contributed by atoms with Crippen molar-refractivity contribution in [2.45, 2.75) is 11.3 Å². The van der Waals surface area contributed by atoms with Crippen LogP contribution in [-0.4, -0.2) is 70.4 Å². The SMILES string of the molecule is O=C(c1ccc(N2CCCS2(=O)=O)cc1)N1CCN(S(=O)(=O)c2cccc(F)c2)CC1. The Morgan fingerprint density at radius 3 is 2.19 bits per heavy atom. The molecule has 0 N–H and O–H groups in total. The monoisotopic (exact) mass is 467 g/mol. The number of benzene rings is 2. The number of piperazine rings is 1. The van der Waals surface area contributed by atoms with Gasteiger partial charge in [0.1, 0.15) is 5.82 Å². The highest BCUT2D eigenvalue weighted by atomic mass is 32.2. The lowest BCUT2D eigenvalue weighted by Gasteiger charge is -2.34. The molecule has 0 unspecified atom stereocenters. The minimum absolute atomic E-state index is 0.106. The van der Waals surface area contributed by atoms with E-state index in [-0.39, 0.29) is 42.7 Å². The summed E-state index contributed by atoms with van der Waals surface area (Å²) in [6.07, 6.45) is 0.575. The van der Waals surface area contributed by atoms with Gasteiger partial charge in [-0.25, -0.2) is 21.2 Å². The first-order valence-corrected chi connectivity index (χ1v) is 12.9. The van der Waals surface area contributed by atoms with Gasteiger partial charge in [0.05, 0.1) is 16.3 Å². The first kappa shape index (κ1) is 21.7. The molecular formula is C20H22FN3O5S2. The first-order chi connectivity index (χ1) is 14.7. The van der Waals surface area contributed by atoms with Gasteiger partial charge < -0.3 is 4.90 Å². The summed E-state index contributed by atoms with van der Waals surface area (Å²) in [5.41, 5.74) is 0.932. The standard InChI is InChI=1S/C20H22FN3O5S2/c21-17-3-1-4-19(15-17)31(28,29)23-12-10-22(11-13-23)20(25)16-5-7-18(8-6-16)24-9-2-14-30(24,26)27/h1,3-8,15H,2,9-14H2. The zero-order valence-corrected chi connectivity index (χ0v) is 18.3. The minimum atomic E-state index is -3.83. The van der Waals surface area contributed by atoms with Gasteiger partial charge in [0.15, 0.2) is 0 Å². The Hall–Kier alpha value is -2.50. The van der Waals surface area contributed by atoms with Gasteiger partial charge in [0.25, 0.3) is 5.91 Å². The molecule has 0 spiro atoms. The number of hydrogen-bond donors (Lipinski definition) is 0. The molecule has 0 bridgehead atoms. The molecule has 2 saturated heterocycles. The molecule has 0 saturated carbocycles. The van der Waals surface area contributed by atoms with Gasteiger partial charge in [-0.1, -0.05) is 6.07 Å². The van der Waals surface area contributed by atoms with E-state index in [0.29, 0.717) is 24.2 Å². The number of halogens is 1. The Morgan fingerprint density at radius 1 is 0.935 bits per heavy atom. The molecule has 8 nitrogen and oxygen atoms in total. The van der Waals surface area contributed by atoms with Gasteiger partial charge in [-0.05, 0) is 48.9 Å². The van der Waals surface area contributed by atoms with Gasteiger partial charge in [-0.15, -0.1) is 0 Å². The predicted molar refractivity (Wildman–Crippen MR) is 113 cm³/mol. The predicted octanol–water partition coefficient (Wildman–Crippen LogP) is 1.51. The van der Waals surface area contributed by atoms with E-state index in [0.717, 1.165) is 6.07 Å². The van der Waals surface area contributed by atoms with Gasteiger partial charge in [0.2, 0.25) is 20.0 Å². The normalized spacial score (nSPS) is 19.5. The van der Waals surface area contributed by atoms with E-state index in [1.54, 1.807) is 29.2 Å². The van der Waals surface area contributed by atoms with E-state index < -0.39 is 25.9 Å². The van der Waals surface area contributed by atoms with Gasteiger partial charge >= 0.3 is 0 Å². The molecule has 1 amide bonds. The second kappa shape index (κ2) is 8.21. The molecule has 11 heteroatoms. The molecule has 0 aromatic heterocycles. The highest BCUT2D eigenvalue weighted by molar-refractivity contribution is 7.93. The largest absolute Gasteiger partial charge is 0.336 e. The van der Waals surface area contributed by atoms with Crippen LogP contribution in [0.4, 0.5) is 10.1 Å². The van der Waals surface area contributed by atoms with E-state index in [4.69, 9.17) is 0 Å². The number of sulfonamides is 2. The number of hydrogen-bond acceptors (Lipinski definition) is 5. The molecule has 4 rings (SSSR count). The summed E-state index contributed by atoms with van der Waals surface area (Å²) >= 11 is 0. The summed E-state index contributed by atoms with van der Waals surface area (Å²) in [6.45, 7) is 1.05. The van der Waals surface area contributed by atoms with Crippen molar-refractivity contribution in [3.8, 4) is 0 Å². The zero-order valence-electron chi connectivity index (χ0n) is 16.6. The van der Waals surface area contributed by atoms with Crippen LogP contribution in [0, 0.1) is 5.82 Å². The van der Waals surface area contributed by atoms with Gasteiger partial charge in [-0.3, -0.25) is 9.10 Å². The van der Waals surface area contributed by atoms with Crippen LogP contribution in [0.1, 0.15) is 16.8 Å². The van der Waals surface area contributed by atoms with Gasteiger partial charge in [-0.2, -0.15) is 4.31 Å². The van der Waals surface area contributed by atoms with Crippen LogP contribution in [0.25, 0.3) is 0 Å². The fraction of sp³-hybridized carbons (Fsp3) is 0.350. The smallest absolute Gasteiger partial charge is 0.253 e. The van der Waals surface area contributed by atoms with Crippen LogP contribution in [-0.2, 0) is 20.0 Å². The molecule has 0 aliphatic carbocycles. The number of carbonyl (C=O) groups is 1. The number of nitrogens with zero attached hydrogens (tertiary/aromatic N) is 3. The molecule has 0 atom stereocenters. The second-order valence-electron chi connectivity index (χ2n) is 7.44. The molecule has 2 heterocycles. The summed E-state index contributed by atoms with van der Waals surface area (Å²) in [6, 6.07) is 11.2. The third-order valence-corrected chi connectivity index (χ3v) is 9.23. The maximum atomic E-state index is 13.4. The average molecular weight is 468 g/mol. The summed E-state index contributed by atoms with van der Waals surface area (Å²) in [4.78, 5) is 14.3. The number of amides is 1.